The molecule has 0 saturated heterocycles. The first-order valence-electron chi connectivity index (χ1n) is 11.4. The van der Waals surface area contributed by atoms with Crippen LogP contribution in [0.4, 0.5) is 0 Å². The maximum Gasteiger partial charge on any atom is 0.0973 e. The van der Waals surface area contributed by atoms with Crippen molar-refractivity contribution in [1.29, 1.82) is 0 Å². The summed E-state index contributed by atoms with van der Waals surface area (Å²) in [5.41, 5.74) is 9.25. The van der Waals surface area contributed by atoms with Gasteiger partial charge >= 0.3 is 0 Å². The number of pyridine rings is 1. The molecule has 0 aliphatic heterocycles. The fourth-order valence-corrected chi connectivity index (χ4v) is 4.02. The molecular weight excluding hydrogens is 402 g/mol. The van der Waals surface area contributed by atoms with Crippen LogP contribution in [0, 0.1) is 0 Å². The average molecular weight is 430 g/mol. The third-order valence-corrected chi connectivity index (χ3v) is 6.51. The minimum Gasteiger partial charge on any atom is -0.256 e. The zero-order valence-corrected chi connectivity index (χ0v) is 19.3. The zero-order chi connectivity index (χ0) is 22.8. The van der Waals surface area contributed by atoms with E-state index < -0.39 is 0 Å². The van der Waals surface area contributed by atoms with Crippen molar-refractivity contribution in [3.05, 3.63) is 103 Å². The molecule has 0 N–H and O–H groups in total. The third kappa shape index (κ3) is 4.14. The molecule has 0 amide bonds. The zero-order valence-electron chi connectivity index (χ0n) is 19.3. The standard InChI is InChI=1S/C30H27N3/c1-4-30(2,3)24-18-16-23(17-19-24)29-28(32-26-10-5-6-11-27(26)33-29)22-14-12-21(13-15-22)25-9-7-8-20-31-25/h5-20H,4H2,1-3H3. The molecule has 0 aliphatic rings. The largest absolute Gasteiger partial charge is 0.256 e. The Morgan fingerprint density at radius 3 is 1.64 bits per heavy atom. The van der Waals surface area contributed by atoms with Gasteiger partial charge in [0.05, 0.1) is 28.1 Å². The van der Waals surface area contributed by atoms with Crippen LogP contribution in [0.5, 0.6) is 0 Å². The smallest absolute Gasteiger partial charge is 0.0973 e. The Bertz CT molecular complexity index is 1390. The molecule has 0 radical (unpaired) electrons. The Kier molecular flexibility index (Phi) is 5.47. The molecule has 2 aromatic heterocycles. The number of hydrogen-bond acceptors (Lipinski definition) is 3. The first kappa shape index (κ1) is 21.0. The second kappa shape index (κ2) is 8.59. The first-order valence-corrected chi connectivity index (χ1v) is 11.4. The summed E-state index contributed by atoms with van der Waals surface area (Å²) in [6.07, 6.45) is 2.91. The summed E-state index contributed by atoms with van der Waals surface area (Å²) in [4.78, 5) is 14.5. The van der Waals surface area contributed by atoms with Gasteiger partial charge in [0.25, 0.3) is 0 Å². The molecule has 0 saturated carbocycles. The van der Waals surface area contributed by atoms with E-state index in [9.17, 15) is 0 Å². The van der Waals surface area contributed by atoms with Crippen molar-refractivity contribution < 1.29 is 0 Å². The molecule has 5 aromatic rings. The molecule has 0 aliphatic carbocycles. The van der Waals surface area contributed by atoms with Crippen molar-refractivity contribution >= 4 is 11.0 Å². The topological polar surface area (TPSA) is 38.7 Å². The highest BCUT2D eigenvalue weighted by molar-refractivity contribution is 5.86. The van der Waals surface area contributed by atoms with Crippen LogP contribution in [0.3, 0.4) is 0 Å². The van der Waals surface area contributed by atoms with Gasteiger partial charge in [0.2, 0.25) is 0 Å². The molecule has 0 atom stereocenters. The van der Waals surface area contributed by atoms with E-state index in [2.05, 4.69) is 74.3 Å². The van der Waals surface area contributed by atoms with Crippen molar-refractivity contribution in [3.8, 4) is 33.8 Å². The predicted octanol–water partition coefficient (Wildman–Crippen LogP) is 7.71. The number of fused-ring (bicyclic) bond motifs is 1. The van der Waals surface area contributed by atoms with E-state index in [0.717, 1.165) is 51.2 Å². The van der Waals surface area contributed by atoms with E-state index >= 15 is 0 Å². The predicted molar refractivity (Wildman–Crippen MR) is 137 cm³/mol. The lowest BCUT2D eigenvalue weighted by molar-refractivity contribution is 0.506. The quantitative estimate of drug-likeness (QED) is 0.287. The Morgan fingerprint density at radius 2 is 1.12 bits per heavy atom. The summed E-state index contributed by atoms with van der Waals surface area (Å²) in [5.74, 6) is 0. The maximum absolute atomic E-state index is 5.04. The minimum absolute atomic E-state index is 0.151. The summed E-state index contributed by atoms with van der Waals surface area (Å²) in [6, 6.07) is 31.3. The van der Waals surface area contributed by atoms with Crippen LogP contribution in [-0.2, 0) is 5.41 Å². The van der Waals surface area contributed by atoms with Crippen LogP contribution in [-0.4, -0.2) is 15.0 Å². The molecule has 0 bridgehead atoms. The van der Waals surface area contributed by atoms with Crippen LogP contribution in [0.2, 0.25) is 0 Å². The molecular formula is C30H27N3. The van der Waals surface area contributed by atoms with Crippen LogP contribution in [0.1, 0.15) is 32.8 Å². The molecule has 162 valence electrons. The maximum atomic E-state index is 5.04. The van der Waals surface area contributed by atoms with Gasteiger partial charge in [0, 0.05) is 22.9 Å². The lowest BCUT2D eigenvalue weighted by atomic mass is 9.82. The van der Waals surface area contributed by atoms with E-state index in [0.29, 0.717) is 0 Å². The Balaban J connectivity index is 1.62. The van der Waals surface area contributed by atoms with E-state index in [1.165, 1.54) is 5.56 Å². The van der Waals surface area contributed by atoms with Gasteiger partial charge in [-0.05, 0) is 41.7 Å². The lowest BCUT2D eigenvalue weighted by Crippen LogP contribution is -2.15. The van der Waals surface area contributed by atoms with E-state index in [-0.39, 0.29) is 5.41 Å². The van der Waals surface area contributed by atoms with Gasteiger partial charge in [-0.2, -0.15) is 0 Å². The van der Waals surface area contributed by atoms with Gasteiger partial charge < -0.3 is 0 Å². The first-order chi connectivity index (χ1) is 16.0. The summed E-state index contributed by atoms with van der Waals surface area (Å²) in [7, 11) is 0. The van der Waals surface area contributed by atoms with Gasteiger partial charge in [0.1, 0.15) is 0 Å². The molecule has 2 heterocycles. The molecule has 0 spiro atoms. The molecule has 3 nitrogen and oxygen atoms in total. The molecule has 5 rings (SSSR count). The Morgan fingerprint density at radius 1 is 0.606 bits per heavy atom. The van der Waals surface area contributed by atoms with Crippen molar-refractivity contribution in [2.45, 2.75) is 32.6 Å². The highest BCUT2D eigenvalue weighted by atomic mass is 14.8. The molecule has 3 heteroatoms. The minimum atomic E-state index is 0.151. The SMILES string of the molecule is CCC(C)(C)c1ccc(-c2nc3ccccc3nc2-c2ccc(-c3ccccn3)cc2)cc1. The van der Waals surface area contributed by atoms with E-state index in [1.54, 1.807) is 0 Å². The van der Waals surface area contributed by atoms with Crippen molar-refractivity contribution in [3.63, 3.8) is 0 Å². The van der Waals surface area contributed by atoms with E-state index in [4.69, 9.17) is 9.97 Å². The second-order valence-electron chi connectivity index (χ2n) is 9.02. The van der Waals surface area contributed by atoms with Crippen LogP contribution < -0.4 is 0 Å². The van der Waals surface area contributed by atoms with Crippen LogP contribution >= 0.6 is 0 Å². The molecule has 0 unspecified atom stereocenters. The van der Waals surface area contributed by atoms with Crippen molar-refractivity contribution in [1.82, 2.24) is 15.0 Å². The van der Waals surface area contributed by atoms with E-state index in [1.807, 2.05) is 48.7 Å². The van der Waals surface area contributed by atoms with Crippen LogP contribution in [0.15, 0.2) is 97.2 Å². The number of rotatable bonds is 5. The van der Waals surface area contributed by atoms with Gasteiger partial charge in [-0.3, -0.25) is 4.98 Å². The lowest BCUT2D eigenvalue weighted by Gasteiger charge is -2.23. The summed E-state index contributed by atoms with van der Waals surface area (Å²) < 4.78 is 0. The van der Waals surface area contributed by atoms with Crippen molar-refractivity contribution in [2.24, 2.45) is 0 Å². The highest BCUT2D eigenvalue weighted by Crippen LogP contribution is 2.34. The summed E-state index contributed by atoms with van der Waals surface area (Å²) in [5, 5.41) is 0. The van der Waals surface area contributed by atoms with Crippen LogP contribution in [0.25, 0.3) is 44.8 Å². The Hall–Kier alpha value is -3.85. The number of hydrogen-bond donors (Lipinski definition) is 0. The average Bonchev–Trinajstić information content (AvgIpc) is 2.88. The monoisotopic (exact) mass is 429 g/mol. The third-order valence-electron chi connectivity index (χ3n) is 6.51. The number of aromatic nitrogens is 3. The molecule has 33 heavy (non-hydrogen) atoms. The highest BCUT2D eigenvalue weighted by Gasteiger charge is 2.19. The number of nitrogens with zero attached hydrogens (tertiary/aromatic N) is 3. The molecule has 3 aromatic carbocycles. The van der Waals surface area contributed by atoms with Gasteiger partial charge in [-0.1, -0.05) is 87.5 Å². The normalized spacial score (nSPS) is 11.6. The number of benzene rings is 3. The fraction of sp³-hybridized carbons (Fsp3) is 0.167. The van der Waals surface area contributed by atoms with Crippen molar-refractivity contribution in [2.75, 3.05) is 0 Å². The number of para-hydroxylation sites is 2. The van der Waals surface area contributed by atoms with Gasteiger partial charge in [0.15, 0.2) is 0 Å². The molecule has 0 fully saturated rings. The van der Waals surface area contributed by atoms with Gasteiger partial charge in [-0.15, -0.1) is 0 Å². The summed E-state index contributed by atoms with van der Waals surface area (Å²) in [6.45, 7) is 6.80. The fourth-order valence-electron chi connectivity index (χ4n) is 4.02. The van der Waals surface area contributed by atoms with Gasteiger partial charge in [-0.25, -0.2) is 9.97 Å². The Labute approximate surface area is 195 Å². The summed E-state index contributed by atoms with van der Waals surface area (Å²) >= 11 is 0. The second-order valence-corrected chi connectivity index (χ2v) is 9.02.